The molecule has 1 atom stereocenters. The first-order valence-corrected chi connectivity index (χ1v) is 5.81. The smallest absolute Gasteiger partial charge is 0.161 e. The summed E-state index contributed by atoms with van der Waals surface area (Å²) in [6.07, 6.45) is 2.56. The lowest BCUT2D eigenvalue weighted by atomic mass is 10.1. The molecule has 3 heteroatoms. The number of piperidine rings is 1. The summed E-state index contributed by atoms with van der Waals surface area (Å²) in [5.74, 6) is 1.67. The molecule has 0 aromatic heterocycles. The quantitative estimate of drug-likeness (QED) is 0.848. The van der Waals surface area contributed by atoms with Crippen LogP contribution in [0.2, 0.25) is 0 Å². The number of nitrogens with one attached hydrogen (secondary N) is 1. The van der Waals surface area contributed by atoms with Gasteiger partial charge in [0.15, 0.2) is 11.5 Å². The summed E-state index contributed by atoms with van der Waals surface area (Å²) in [7, 11) is 1.68. The molecule has 1 heterocycles. The summed E-state index contributed by atoms with van der Waals surface area (Å²) in [5, 5.41) is 3.34. The SMILES string of the molecule is COc1cc(C)ccc1O[C@@H]1CCCNC1. The Balaban J connectivity index is 2.07. The first-order valence-electron chi connectivity index (χ1n) is 5.81. The molecule has 0 bridgehead atoms. The number of hydrogen-bond donors (Lipinski definition) is 1. The Morgan fingerprint density at radius 2 is 2.19 bits per heavy atom. The zero-order valence-corrected chi connectivity index (χ0v) is 9.95. The second kappa shape index (κ2) is 5.21. The predicted octanol–water partition coefficient (Wildman–Crippen LogP) is 2.13. The van der Waals surface area contributed by atoms with Crippen LogP contribution in [0.4, 0.5) is 0 Å². The molecule has 1 aromatic carbocycles. The summed E-state index contributed by atoms with van der Waals surface area (Å²) >= 11 is 0. The van der Waals surface area contributed by atoms with Gasteiger partial charge in [-0.2, -0.15) is 0 Å². The Bertz CT molecular complexity index is 346. The molecule has 0 amide bonds. The third kappa shape index (κ3) is 2.67. The van der Waals surface area contributed by atoms with Gasteiger partial charge in [-0.15, -0.1) is 0 Å². The Hall–Kier alpha value is -1.22. The van der Waals surface area contributed by atoms with Gasteiger partial charge in [0.25, 0.3) is 0 Å². The summed E-state index contributed by atoms with van der Waals surface area (Å²) in [5.41, 5.74) is 1.19. The van der Waals surface area contributed by atoms with Crippen molar-refractivity contribution >= 4 is 0 Å². The molecule has 1 N–H and O–H groups in total. The summed E-state index contributed by atoms with van der Waals surface area (Å²) in [6.45, 7) is 4.08. The van der Waals surface area contributed by atoms with Gasteiger partial charge in [0.2, 0.25) is 0 Å². The third-order valence-corrected chi connectivity index (χ3v) is 2.86. The minimum Gasteiger partial charge on any atom is -0.493 e. The molecule has 3 nitrogen and oxygen atoms in total. The number of ether oxygens (including phenoxy) is 2. The zero-order valence-electron chi connectivity index (χ0n) is 9.95. The van der Waals surface area contributed by atoms with Crippen molar-refractivity contribution in [1.82, 2.24) is 5.32 Å². The maximum absolute atomic E-state index is 5.94. The van der Waals surface area contributed by atoms with Gasteiger partial charge >= 0.3 is 0 Å². The highest BCUT2D eigenvalue weighted by atomic mass is 16.5. The molecule has 88 valence electrons. The van der Waals surface area contributed by atoms with E-state index in [9.17, 15) is 0 Å². The average molecular weight is 221 g/mol. The van der Waals surface area contributed by atoms with Crippen molar-refractivity contribution in [1.29, 1.82) is 0 Å². The lowest BCUT2D eigenvalue weighted by molar-refractivity contribution is 0.161. The van der Waals surface area contributed by atoms with Crippen LogP contribution in [0.15, 0.2) is 18.2 Å². The summed E-state index contributed by atoms with van der Waals surface area (Å²) < 4.78 is 11.3. The van der Waals surface area contributed by atoms with Crippen LogP contribution in [-0.4, -0.2) is 26.3 Å². The van der Waals surface area contributed by atoms with E-state index in [-0.39, 0.29) is 6.10 Å². The Labute approximate surface area is 96.8 Å². The number of hydrogen-bond acceptors (Lipinski definition) is 3. The van der Waals surface area contributed by atoms with E-state index in [1.807, 2.05) is 18.2 Å². The average Bonchev–Trinajstić information content (AvgIpc) is 2.33. The van der Waals surface area contributed by atoms with Gasteiger partial charge in [-0.25, -0.2) is 0 Å². The largest absolute Gasteiger partial charge is 0.493 e. The van der Waals surface area contributed by atoms with Crippen LogP contribution in [-0.2, 0) is 0 Å². The third-order valence-electron chi connectivity index (χ3n) is 2.86. The van der Waals surface area contributed by atoms with E-state index >= 15 is 0 Å². The molecule has 0 spiro atoms. The molecular weight excluding hydrogens is 202 g/mol. The highest BCUT2D eigenvalue weighted by molar-refractivity contribution is 5.42. The predicted molar refractivity (Wildman–Crippen MR) is 64.3 cm³/mol. The monoisotopic (exact) mass is 221 g/mol. The van der Waals surface area contributed by atoms with E-state index in [1.54, 1.807) is 7.11 Å². The lowest BCUT2D eigenvalue weighted by Gasteiger charge is -2.24. The van der Waals surface area contributed by atoms with Gasteiger partial charge < -0.3 is 14.8 Å². The molecule has 0 aliphatic carbocycles. The molecule has 2 rings (SSSR count). The maximum atomic E-state index is 5.94. The van der Waals surface area contributed by atoms with Crippen LogP contribution in [0.3, 0.4) is 0 Å². The topological polar surface area (TPSA) is 30.5 Å². The van der Waals surface area contributed by atoms with Crippen LogP contribution in [0, 0.1) is 6.92 Å². The van der Waals surface area contributed by atoms with Crippen molar-refractivity contribution in [2.24, 2.45) is 0 Å². The molecule has 1 aliphatic rings. The van der Waals surface area contributed by atoms with Gasteiger partial charge in [0, 0.05) is 6.54 Å². The summed E-state index contributed by atoms with van der Waals surface area (Å²) in [4.78, 5) is 0. The van der Waals surface area contributed by atoms with Gasteiger partial charge in [-0.05, 0) is 44.0 Å². The van der Waals surface area contributed by atoms with Crippen molar-refractivity contribution in [3.8, 4) is 11.5 Å². The van der Waals surface area contributed by atoms with Gasteiger partial charge in [-0.3, -0.25) is 0 Å². The zero-order chi connectivity index (χ0) is 11.4. The fourth-order valence-electron chi connectivity index (χ4n) is 1.97. The Morgan fingerprint density at radius 1 is 1.31 bits per heavy atom. The molecule has 16 heavy (non-hydrogen) atoms. The van der Waals surface area contributed by atoms with Gasteiger partial charge in [0.1, 0.15) is 6.10 Å². The first kappa shape index (κ1) is 11.3. The minimum atomic E-state index is 0.269. The van der Waals surface area contributed by atoms with E-state index in [1.165, 1.54) is 12.0 Å². The first-order chi connectivity index (χ1) is 7.79. The highest BCUT2D eigenvalue weighted by Crippen LogP contribution is 2.29. The second-order valence-electron chi connectivity index (χ2n) is 4.24. The van der Waals surface area contributed by atoms with Crippen molar-refractivity contribution in [3.63, 3.8) is 0 Å². The van der Waals surface area contributed by atoms with Gasteiger partial charge in [-0.1, -0.05) is 6.07 Å². The van der Waals surface area contributed by atoms with Crippen molar-refractivity contribution < 1.29 is 9.47 Å². The molecule has 1 saturated heterocycles. The molecule has 1 fully saturated rings. The molecule has 0 radical (unpaired) electrons. The lowest BCUT2D eigenvalue weighted by Crippen LogP contribution is -2.37. The second-order valence-corrected chi connectivity index (χ2v) is 4.24. The molecule has 1 aromatic rings. The Kier molecular flexibility index (Phi) is 3.67. The van der Waals surface area contributed by atoms with E-state index in [0.29, 0.717) is 0 Å². The van der Waals surface area contributed by atoms with Gasteiger partial charge in [0.05, 0.1) is 7.11 Å². The number of methoxy groups -OCH3 is 1. The molecule has 0 unspecified atom stereocenters. The van der Waals surface area contributed by atoms with Crippen molar-refractivity contribution in [2.75, 3.05) is 20.2 Å². The maximum Gasteiger partial charge on any atom is 0.161 e. The fraction of sp³-hybridized carbons (Fsp3) is 0.538. The van der Waals surface area contributed by atoms with E-state index < -0.39 is 0 Å². The number of benzene rings is 1. The number of aryl methyl sites for hydroxylation is 1. The normalized spacial score (nSPS) is 20.5. The van der Waals surface area contributed by atoms with Crippen LogP contribution >= 0.6 is 0 Å². The Morgan fingerprint density at radius 3 is 2.88 bits per heavy atom. The minimum absolute atomic E-state index is 0.269. The van der Waals surface area contributed by atoms with Crippen molar-refractivity contribution in [3.05, 3.63) is 23.8 Å². The van der Waals surface area contributed by atoms with Crippen molar-refractivity contribution in [2.45, 2.75) is 25.9 Å². The fourth-order valence-corrected chi connectivity index (χ4v) is 1.97. The van der Waals surface area contributed by atoms with Crippen LogP contribution in [0.1, 0.15) is 18.4 Å². The molecule has 1 aliphatic heterocycles. The van der Waals surface area contributed by atoms with Crippen LogP contribution in [0.25, 0.3) is 0 Å². The standard InChI is InChI=1S/C13H19NO2/c1-10-5-6-12(13(8-10)15-2)16-11-4-3-7-14-9-11/h5-6,8,11,14H,3-4,7,9H2,1-2H3/t11-/m1/s1. The highest BCUT2D eigenvalue weighted by Gasteiger charge is 2.16. The molecular formula is C13H19NO2. The van der Waals surface area contributed by atoms with E-state index in [4.69, 9.17) is 9.47 Å². The summed E-state index contributed by atoms with van der Waals surface area (Å²) in [6, 6.07) is 6.04. The molecule has 0 saturated carbocycles. The van der Waals surface area contributed by atoms with Crippen LogP contribution < -0.4 is 14.8 Å². The van der Waals surface area contributed by atoms with Crippen LogP contribution in [0.5, 0.6) is 11.5 Å². The number of rotatable bonds is 3. The van der Waals surface area contributed by atoms with E-state index in [0.717, 1.165) is 31.0 Å². The van der Waals surface area contributed by atoms with E-state index in [2.05, 4.69) is 12.2 Å².